The second kappa shape index (κ2) is 10.2. The van der Waals surface area contributed by atoms with Crippen molar-refractivity contribution in [3.63, 3.8) is 0 Å². The van der Waals surface area contributed by atoms with Gasteiger partial charge < -0.3 is 19.5 Å². The lowest BCUT2D eigenvalue weighted by molar-refractivity contribution is -0.138. The van der Waals surface area contributed by atoms with Crippen molar-refractivity contribution in [3.8, 4) is 0 Å². The lowest BCUT2D eigenvalue weighted by Gasteiger charge is -2.36. The Balaban J connectivity index is 1.57. The minimum absolute atomic E-state index is 0.0362. The first-order chi connectivity index (χ1) is 15.5. The molecule has 0 radical (unpaired) electrons. The smallest absolute Gasteiger partial charge is 0.250 e. The lowest BCUT2D eigenvalue weighted by Crippen LogP contribution is -2.47. The Morgan fingerprint density at radius 2 is 2.06 bits per heavy atom. The number of rotatable bonds is 8. The van der Waals surface area contributed by atoms with E-state index in [1.165, 1.54) is 0 Å². The van der Waals surface area contributed by atoms with Gasteiger partial charge in [0.1, 0.15) is 0 Å². The van der Waals surface area contributed by atoms with Crippen molar-refractivity contribution in [2.75, 3.05) is 26.8 Å². The van der Waals surface area contributed by atoms with Crippen molar-refractivity contribution in [2.24, 2.45) is 13.0 Å². The maximum Gasteiger partial charge on any atom is 0.250 e. The van der Waals surface area contributed by atoms with Gasteiger partial charge in [0.15, 0.2) is 0 Å². The molecule has 2 aliphatic rings. The van der Waals surface area contributed by atoms with Gasteiger partial charge in [-0.15, -0.1) is 0 Å². The number of aryl methyl sites for hydroxylation is 1. The number of benzene rings is 1. The standard InChI is InChI=1S/C25H32ClN3O3/c1-28-11-8-18(14-24(28)30)21-7-10-27-15-22(21)25(31)29(20-4-5-20)16-19-13-17(9-12-32-2)3-6-23(19)26/h3,6,8,11,13-14,20-22,27H,4-5,7,9-10,12,15-16H2,1-2H3/t21-,22+/m1/s1. The molecule has 0 spiro atoms. The average molecular weight is 458 g/mol. The maximum atomic E-state index is 13.8. The van der Waals surface area contributed by atoms with Gasteiger partial charge in [-0.3, -0.25) is 9.59 Å². The van der Waals surface area contributed by atoms with Gasteiger partial charge in [0.25, 0.3) is 5.56 Å². The summed E-state index contributed by atoms with van der Waals surface area (Å²) < 4.78 is 6.77. The van der Waals surface area contributed by atoms with Gasteiger partial charge in [0, 0.05) is 50.6 Å². The number of nitrogens with one attached hydrogen (secondary N) is 1. The van der Waals surface area contributed by atoms with Crippen LogP contribution in [-0.4, -0.2) is 48.2 Å². The van der Waals surface area contributed by atoms with E-state index in [2.05, 4.69) is 11.4 Å². The Labute approximate surface area is 194 Å². The molecule has 1 aromatic carbocycles. The first kappa shape index (κ1) is 23.0. The number of amides is 1. The highest BCUT2D eigenvalue weighted by atomic mass is 35.5. The van der Waals surface area contributed by atoms with E-state index < -0.39 is 0 Å². The van der Waals surface area contributed by atoms with E-state index >= 15 is 0 Å². The molecule has 1 N–H and O–H groups in total. The Morgan fingerprint density at radius 3 is 2.78 bits per heavy atom. The molecule has 1 saturated heterocycles. The van der Waals surface area contributed by atoms with Gasteiger partial charge >= 0.3 is 0 Å². The number of carbonyl (C=O) groups excluding carboxylic acids is 1. The van der Waals surface area contributed by atoms with Crippen LogP contribution in [-0.2, 0) is 29.5 Å². The Morgan fingerprint density at radius 1 is 1.25 bits per heavy atom. The third kappa shape index (κ3) is 5.25. The molecule has 1 aliphatic carbocycles. The molecule has 172 valence electrons. The predicted octanol–water partition coefficient (Wildman–Crippen LogP) is 3.11. The van der Waals surface area contributed by atoms with E-state index in [0.717, 1.165) is 48.9 Å². The predicted molar refractivity (Wildman–Crippen MR) is 126 cm³/mol. The number of hydrogen-bond acceptors (Lipinski definition) is 4. The summed E-state index contributed by atoms with van der Waals surface area (Å²) in [5, 5.41) is 4.08. The normalized spacial score (nSPS) is 20.8. The summed E-state index contributed by atoms with van der Waals surface area (Å²) in [4.78, 5) is 28.1. The van der Waals surface area contributed by atoms with Gasteiger partial charge in [-0.1, -0.05) is 23.7 Å². The molecular weight excluding hydrogens is 426 g/mol. The monoisotopic (exact) mass is 457 g/mol. The van der Waals surface area contributed by atoms with Gasteiger partial charge in [-0.2, -0.15) is 0 Å². The van der Waals surface area contributed by atoms with Crippen LogP contribution in [0.5, 0.6) is 0 Å². The van der Waals surface area contributed by atoms with Crippen LogP contribution in [0, 0.1) is 5.92 Å². The molecule has 2 atom stereocenters. The molecule has 7 heteroatoms. The summed E-state index contributed by atoms with van der Waals surface area (Å²) in [5.41, 5.74) is 3.07. The molecule has 2 aromatic rings. The highest BCUT2D eigenvalue weighted by Crippen LogP contribution is 2.36. The van der Waals surface area contributed by atoms with Gasteiger partial charge in [-0.25, -0.2) is 0 Å². The van der Waals surface area contributed by atoms with Gasteiger partial charge in [0.2, 0.25) is 5.91 Å². The number of pyridine rings is 1. The quantitative estimate of drug-likeness (QED) is 0.661. The molecule has 0 unspecified atom stereocenters. The molecule has 2 heterocycles. The van der Waals surface area contributed by atoms with Crippen molar-refractivity contribution in [1.29, 1.82) is 0 Å². The Kier molecular flexibility index (Phi) is 7.33. The zero-order valence-electron chi connectivity index (χ0n) is 18.9. The summed E-state index contributed by atoms with van der Waals surface area (Å²) in [5.74, 6) is 0.0121. The average Bonchev–Trinajstić information content (AvgIpc) is 3.64. The van der Waals surface area contributed by atoms with Gasteiger partial charge in [-0.05, 0) is 67.0 Å². The number of nitrogens with zero attached hydrogens (tertiary/aromatic N) is 2. The summed E-state index contributed by atoms with van der Waals surface area (Å²) in [6, 6.07) is 9.98. The summed E-state index contributed by atoms with van der Waals surface area (Å²) >= 11 is 6.53. The summed E-state index contributed by atoms with van der Waals surface area (Å²) in [7, 11) is 3.44. The van der Waals surface area contributed by atoms with Crippen molar-refractivity contribution < 1.29 is 9.53 Å². The van der Waals surface area contributed by atoms with E-state index in [9.17, 15) is 9.59 Å². The van der Waals surface area contributed by atoms with Crippen LogP contribution in [0.15, 0.2) is 41.3 Å². The zero-order chi connectivity index (χ0) is 22.7. The largest absolute Gasteiger partial charge is 0.384 e. The molecule has 0 bridgehead atoms. The van der Waals surface area contributed by atoms with Crippen LogP contribution in [0.25, 0.3) is 0 Å². The summed E-state index contributed by atoms with van der Waals surface area (Å²) in [6.07, 6.45) is 5.52. The topological polar surface area (TPSA) is 63.6 Å². The number of aromatic nitrogens is 1. The SMILES string of the molecule is COCCc1ccc(Cl)c(CN(C(=O)[C@H]2CNCC[C@@H]2c2ccn(C)c(=O)c2)C2CC2)c1. The van der Waals surface area contributed by atoms with E-state index in [4.69, 9.17) is 16.3 Å². The molecule has 1 saturated carbocycles. The number of methoxy groups -OCH3 is 1. The molecular formula is C25H32ClN3O3. The van der Waals surface area contributed by atoms with Crippen LogP contribution >= 0.6 is 11.6 Å². The molecule has 2 fully saturated rings. The fourth-order valence-electron chi connectivity index (χ4n) is 4.61. The molecule has 1 amide bonds. The van der Waals surface area contributed by atoms with Crippen LogP contribution in [0.1, 0.15) is 41.9 Å². The minimum atomic E-state index is -0.188. The van der Waals surface area contributed by atoms with Crippen molar-refractivity contribution in [2.45, 2.75) is 44.2 Å². The third-order valence-electron chi connectivity index (χ3n) is 6.67. The fourth-order valence-corrected chi connectivity index (χ4v) is 4.78. The van der Waals surface area contributed by atoms with E-state index in [0.29, 0.717) is 24.7 Å². The molecule has 6 nitrogen and oxygen atoms in total. The number of carbonyl (C=O) groups is 1. The lowest BCUT2D eigenvalue weighted by atomic mass is 9.80. The highest BCUT2D eigenvalue weighted by Gasteiger charge is 2.40. The Hall–Kier alpha value is -2.15. The van der Waals surface area contributed by atoms with Crippen LogP contribution in [0.4, 0.5) is 0 Å². The van der Waals surface area contributed by atoms with Crippen LogP contribution in [0.3, 0.4) is 0 Å². The Bertz CT molecular complexity index is 1020. The fraction of sp³-hybridized carbons (Fsp3) is 0.520. The number of hydrogen-bond donors (Lipinski definition) is 1. The molecule has 4 rings (SSSR count). The second-order valence-electron chi connectivity index (χ2n) is 8.98. The molecule has 32 heavy (non-hydrogen) atoms. The highest BCUT2D eigenvalue weighted by molar-refractivity contribution is 6.31. The summed E-state index contributed by atoms with van der Waals surface area (Å²) in [6.45, 7) is 2.64. The zero-order valence-corrected chi connectivity index (χ0v) is 19.6. The number of halogens is 1. The molecule has 1 aromatic heterocycles. The van der Waals surface area contributed by atoms with Crippen molar-refractivity contribution >= 4 is 17.5 Å². The number of ether oxygens (including phenoxy) is 1. The van der Waals surface area contributed by atoms with E-state index in [-0.39, 0.29) is 29.3 Å². The van der Waals surface area contributed by atoms with Crippen LogP contribution in [0.2, 0.25) is 5.02 Å². The minimum Gasteiger partial charge on any atom is -0.384 e. The van der Waals surface area contributed by atoms with Crippen molar-refractivity contribution in [3.05, 3.63) is 68.6 Å². The third-order valence-corrected chi connectivity index (χ3v) is 7.04. The van der Waals surface area contributed by atoms with E-state index in [1.807, 2.05) is 23.1 Å². The van der Waals surface area contributed by atoms with Gasteiger partial charge in [0.05, 0.1) is 12.5 Å². The second-order valence-corrected chi connectivity index (χ2v) is 9.39. The first-order valence-electron chi connectivity index (χ1n) is 11.4. The maximum absolute atomic E-state index is 13.8. The molecule has 1 aliphatic heterocycles. The van der Waals surface area contributed by atoms with Crippen LogP contribution < -0.4 is 10.9 Å². The number of piperidine rings is 1. The van der Waals surface area contributed by atoms with E-state index in [1.54, 1.807) is 31.0 Å². The van der Waals surface area contributed by atoms with Crippen molar-refractivity contribution in [1.82, 2.24) is 14.8 Å². The first-order valence-corrected chi connectivity index (χ1v) is 11.8.